The summed E-state index contributed by atoms with van der Waals surface area (Å²) < 4.78 is 4.86. The maximum atomic E-state index is 11.4. The van der Waals surface area contributed by atoms with Crippen LogP contribution < -0.4 is 10.3 Å². The van der Waals surface area contributed by atoms with Crippen LogP contribution in [-0.2, 0) is 16.3 Å². The van der Waals surface area contributed by atoms with E-state index in [-0.39, 0.29) is 30.0 Å². The van der Waals surface area contributed by atoms with Gasteiger partial charge in [-0.2, -0.15) is 0 Å². The summed E-state index contributed by atoms with van der Waals surface area (Å²) in [4.78, 5) is 31.9. The zero-order chi connectivity index (χ0) is 13.8. The Hall–Kier alpha value is -1.82. The van der Waals surface area contributed by atoms with Crippen molar-refractivity contribution < 1.29 is 24.1 Å². The van der Waals surface area contributed by atoms with Crippen LogP contribution in [0.4, 0.5) is 0 Å². The van der Waals surface area contributed by atoms with Gasteiger partial charge in [-0.3, -0.25) is 14.6 Å². The molecule has 1 N–H and O–H groups in total. The molecule has 0 aliphatic heterocycles. The molecule has 0 atom stereocenters. The van der Waals surface area contributed by atoms with Gasteiger partial charge in [0.1, 0.15) is 18.6 Å². The zero-order valence-electron chi connectivity index (χ0n) is 10.6. The number of aliphatic hydroxyl groups is 1. The molecule has 6 nitrogen and oxygen atoms in total. The molecule has 0 saturated heterocycles. The monoisotopic (exact) mass is 256 g/mol. The van der Waals surface area contributed by atoms with Crippen LogP contribution in [0, 0.1) is 5.41 Å². The van der Waals surface area contributed by atoms with Crippen molar-refractivity contribution in [3.8, 4) is 5.75 Å². The van der Waals surface area contributed by atoms with Gasteiger partial charge in [0.25, 0.3) is 5.75 Å². The Morgan fingerprint density at radius 1 is 1.44 bits per heavy atom. The molecular formula is C12H16O6. The summed E-state index contributed by atoms with van der Waals surface area (Å²) >= 11 is 0. The van der Waals surface area contributed by atoms with Gasteiger partial charge in [0.05, 0.1) is 6.42 Å². The Morgan fingerprint density at radius 3 is 2.61 bits per heavy atom. The summed E-state index contributed by atoms with van der Waals surface area (Å²) in [5.74, 6) is -0.712. The van der Waals surface area contributed by atoms with E-state index in [4.69, 9.17) is 9.52 Å². The van der Waals surface area contributed by atoms with Gasteiger partial charge in [-0.05, 0) is 5.41 Å². The molecule has 1 aromatic rings. The van der Waals surface area contributed by atoms with Crippen molar-refractivity contribution in [2.75, 3.05) is 0 Å². The van der Waals surface area contributed by atoms with Gasteiger partial charge < -0.3 is 9.52 Å². The molecule has 0 unspecified atom stereocenters. The highest BCUT2D eigenvalue weighted by atomic mass is 17.2. The van der Waals surface area contributed by atoms with E-state index in [9.17, 15) is 9.59 Å². The Bertz CT molecular complexity index is 468. The van der Waals surface area contributed by atoms with Gasteiger partial charge in [-0.15, -0.1) is 0 Å². The van der Waals surface area contributed by atoms with E-state index in [1.54, 1.807) is 0 Å². The first-order valence-corrected chi connectivity index (χ1v) is 5.42. The fourth-order valence-electron chi connectivity index (χ4n) is 1.14. The van der Waals surface area contributed by atoms with Crippen LogP contribution in [0.15, 0.2) is 21.5 Å². The quantitative estimate of drug-likeness (QED) is 0.647. The van der Waals surface area contributed by atoms with E-state index in [1.165, 1.54) is 0 Å². The van der Waals surface area contributed by atoms with Crippen LogP contribution in [0.2, 0.25) is 0 Å². The second kappa shape index (κ2) is 5.68. The Labute approximate surface area is 104 Å². The summed E-state index contributed by atoms with van der Waals surface area (Å²) in [6, 6.07) is 1.06. The third kappa shape index (κ3) is 4.58. The van der Waals surface area contributed by atoms with Crippen molar-refractivity contribution in [1.29, 1.82) is 0 Å². The van der Waals surface area contributed by atoms with Crippen molar-refractivity contribution in [2.24, 2.45) is 5.41 Å². The van der Waals surface area contributed by atoms with Gasteiger partial charge in [0.2, 0.25) is 5.43 Å². The molecule has 1 rings (SSSR count). The lowest BCUT2D eigenvalue weighted by Gasteiger charge is -2.15. The van der Waals surface area contributed by atoms with Crippen molar-refractivity contribution >= 4 is 5.97 Å². The van der Waals surface area contributed by atoms with Crippen LogP contribution in [-0.4, -0.2) is 11.1 Å². The second-order valence-corrected chi connectivity index (χ2v) is 5.01. The highest BCUT2D eigenvalue weighted by Gasteiger charge is 2.19. The predicted molar refractivity (Wildman–Crippen MR) is 61.7 cm³/mol. The summed E-state index contributed by atoms with van der Waals surface area (Å²) in [7, 11) is 0. The van der Waals surface area contributed by atoms with Crippen molar-refractivity contribution in [3.63, 3.8) is 0 Å². The lowest BCUT2D eigenvalue weighted by Crippen LogP contribution is -2.18. The molecule has 100 valence electrons. The predicted octanol–water partition coefficient (Wildman–Crippen LogP) is 1.41. The number of aliphatic hydroxyl groups excluding tert-OH is 1. The van der Waals surface area contributed by atoms with Crippen LogP contribution >= 0.6 is 0 Å². The maximum Gasteiger partial charge on any atom is 0.355 e. The molecule has 0 bridgehead atoms. The highest BCUT2D eigenvalue weighted by Crippen LogP contribution is 2.19. The molecule has 0 spiro atoms. The smallest absolute Gasteiger partial charge is 0.355 e. The Kier molecular flexibility index (Phi) is 4.49. The molecule has 1 aromatic heterocycles. The number of carbonyl (C=O) groups excluding carboxylic acids is 1. The first kappa shape index (κ1) is 14.2. The topological polar surface area (TPSA) is 86.0 Å². The summed E-state index contributed by atoms with van der Waals surface area (Å²) in [5.41, 5.74) is -0.764. The van der Waals surface area contributed by atoms with Gasteiger partial charge in [0, 0.05) is 6.07 Å². The Morgan fingerprint density at radius 2 is 2.11 bits per heavy atom. The first-order valence-electron chi connectivity index (χ1n) is 5.42. The largest absolute Gasteiger partial charge is 0.463 e. The van der Waals surface area contributed by atoms with Gasteiger partial charge >= 0.3 is 5.97 Å². The molecular weight excluding hydrogens is 240 g/mol. The standard InChI is InChI=1S/C12H16O6/c1-12(2,3)5-11(15)18-17-10-7-16-8(6-13)4-9(10)14/h4,7,13H,5-6H2,1-3H3. The number of rotatable bonds is 4. The Balaban J connectivity index is 2.59. The van der Waals surface area contributed by atoms with E-state index < -0.39 is 11.4 Å². The molecule has 0 aromatic carbocycles. The third-order valence-electron chi connectivity index (χ3n) is 1.91. The third-order valence-corrected chi connectivity index (χ3v) is 1.91. The number of hydrogen-bond donors (Lipinski definition) is 1. The minimum atomic E-state index is -0.576. The van der Waals surface area contributed by atoms with Gasteiger partial charge in [-0.1, -0.05) is 20.8 Å². The maximum absolute atomic E-state index is 11.4. The second-order valence-electron chi connectivity index (χ2n) is 5.01. The number of carbonyl (C=O) groups is 1. The fourth-order valence-corrected chi connectivity index (χ4v) is 1.14. The average molecular weight is 256 g/mol. The normalized spacial score (nSPS) is 11.1. The molecule has 0 amide bonds. The molecule has 0 radical (unpaired) electrons. The SMILES string of the molecule is CC(C)(C)CC(=O)OOc1coc(CO)cc1=O. The van der Waals surface area contributed by atoms with E-state index in [2.05, 4.69) is 9.78 Å². The van der Waals surface area contributed by atoms with Crippen LogP contribution in [0.1, 0.15) is 33.0 Å². The van der Waals surface area contributed by atoms with Crippen molar-refractivity contribution in [1.82, 2.24) is 0 Å². The van der Waals surface area contributed by atoms with E-state index in [0.29, 0.717) is 0 Å². The highest BCUT2D eigenvalue weighted by molar-refractivity contribution is 5.69. The molecule has 0 saturated carbocycles. The van der Waals surface area contributed by atoms with E-state index >= 15 is 0 Å². The van der Waals surface area contributed by atoms with E-state index in [1.807, 2.05) is 20.8 Å². The lowest BCUT2D eigenvalue weighted by molar-refractivity contribution is -0.216. The summed E-state index contributed by atoms with van der Waals surface area (Å²) in [6.45, 7) is 5.23. The fraction of sp³-hybridized carbons (Fsp3) is 0.500. The molecule has 1 heterocycles. The molecule has 6 heteroatoms. The number of hydrogen-bond acceptors (Lipinski definition) is 6. The first-order chi connectivity index (χ1) is 8.31. The average Bonchev–Trinajstić information content (AvgIpc) is 2.25. The van der Waals surface area contributed by atoms with Crippen molar-refractivity contribution in [2.45, 2.75) is 33.8 Å². The lowest BCUT2D eigenvalue weighted by atomic mass is 9.93. The van der Waals surface area contributed by atoms with Crippen LogP contribution in [0.3, 0.4) is 0 Å². The van der Waals surface area contributed by atoms with Gasteiger partial charge in [-0.25, -0.2) is 4.79 Å². The molecule has 0 fully saturated rings. The molecule has 18 heavy (non-hydrogen) atoms. The summed E-state index contributed by atoms with van der Waals surface area (Å²) in [5, 5.41) is 8.74. The minimum absolute atomic E-state index is 0.105. The van der Waals surface area contributed by atoms with Crippen molar-refractivity contribution in [3.05, 3.63) is 28.3 Å². The molecule has 0 aliphatic rings. The van der Waals surface area contributed by atoms with Gasteiger partial charge in [0.15, 0.2) is 0 Å². The van der Waals surface area contributed by atoms with E-state index in [0.717, 1.165) is 12.3 Å². The van der Waals surface area contributed by atoms with Crippen LogP contribution in [0.5, 0.6) is 5.75 Å². The minimum Gasteiger partial charge on any atom is -0.463 e. The summed E-state index contributed by atoms with van der Waals surface area (Å²) in [6.07, 6.45) is 1.14. The molecule has 0 aliphatic carbocycles. The van der Waals surface area contributed by atoms with Crippen LogP contribution in [0.25, 0.3) is 0 Å². The zero-order valence-corrected chi connectivity index (χ0v) is 10.6.